The van der Waals surface area contributed by atoms with Crippen molar-refractivity contribution in [2.45, 2.75) is 17.2 Å². The zero-order valence-corrected chi connectivity index (χ0v) is 12.9. The van der Waals surface area contributed by atoms with Crippen LogP contribution >= 0.6 is 11.6 Å². The molecule has 2 rings (SSSR count). The van der Waals surface area contributed by atoms with E-state index in [1.807, 2.05) is 31.2 Å². The van der Waals surface area contributed by atoms with E-state index < -0.39 is 9.84 Å². The summed E-state index contributed by atoms with van der Waals surface area (Å²) in [6.45, 7) is 1.88. The lowest BCUT2D eigenvalue weighted by molar-refractivity contribution is 0.602. The highest BCUT2D eigenvalue weighted by Crippen LogP contribution is 2.31. The van der Waals surface area contributed by atoms with Crippen LogP contribution < -0.4 is 5.32 Å². The molecule has 1 N–H and O–H groups in total. The molecule has 0 bridgehead atoms. The topological polar surface area (TPSA) is 46.2 Å². The molecule has 0 saturated heterocycles. The predicted octanol–water partition coefficient (Wildman–Crippen LogP) is 4.13. The van der Waals surface area contributed by atoms with Gasteiger partial charge >= 0.3 is 0 Å². The minimum atomic E-state index is -3.28. The lowest BCUT2D eigenvalue weighted by Crippen LogP contribution is -2.04. The van der Waals surface area contributed by atoms with Gasteiger partial charge in [-0.15, -0.1) is 11.6 Å². The van der Waals surface area contributed by atoms with Crippen molar-refractivity contribution in [3.05, 3.63) is 54.1 Å². The van der Waals surface area contributed by atoms with Gasteiger partial charge in [0.25, 0.3) is 0 Å². The van der Waals surface area contributed by atoms with Crippen molar-refractivity contribution in [1.29, 1.82) is 0 Å². The molecular weight excluding hydrogens is 294 g/mol. The van der Waals surface area contributed by atoms with Crippen LogP contribution in [0.15, 0.2) is 53.4 Å². The van der Waals surface area contributed by atoms with Crippen molar-refractivity contribution in [2.75, 3.05) is 11.6 Å². The highest BCUT2D eigenvalue weighted by Gasteiger charge is 2.14. The third-order valence-electron chi connectivity index (χ3n) is 2.95. The van der Waals surface area contributed by atoms with Crippen LogP contribution in [0.2, 0.25) is 0 Å². The normalized spacial score (nSPS) is 12.9. The molecule has 0 saturated carbocycles. The first-order valence-electron chi connectivity index (χ1n) is 6.18. The highest BCUT2D eigenvalue weighted by atomic mass is 35.5. The van der Waals surface area contributed by atoms with Crippen LogP contribution in [0.25, 0.3) is 0 Å². The van der Waals surface area contributed by atoms with Crippen molar-refractivity contribution in [3.63, 3.8) is 0 Å². The molecule has 106 valence electrons. The Morgan fingerprint density at radius 3 is 2.15 bits per heavy atom. The summed E-state index contributed by atoms with van der Waals surface area (Å²) >= 11 is 6.15. The van der Waals surface area contributed by atoms with Crippen LogP contribution in [0, 0.1) is 0 Å². The van der Waals surface area contributed by atoms with Crippen molar-refractivity contribution in [1.82, 2.24) is 0 Å². The van der Waals surface area contributed by atoms with Crippen LogP contribution in [-0.2, 0) is 9.84 Å². The summed E-state index contributed by atoms with van der Waals surface area (Å²) in [6, 6.07) is 14.4. The van der Waals surface area contributed by atoms with Crippen molar-refractivity contribution in [2.24, 2.45) is 0 Å². The molecule has 1 unspecified atom stereocenters. The van der Waals surface area contributed by atoms with Gasteiger partial charge in [0.1, 0.15) is 0 Å². The predicted molar refractivity (Wildman–Crippen MR) is 83.5 cm³/mol. The van der Waals surface area contributed by atoms with E-state index in [-0.39, 0.29) is 10.3 Å². The van der Waals surface area contributed by atoms with Gasteiger partial charge in [-0.2, -0.15) is 0 Å². The maximum Gasteiger partial charge on any atom is 0.177 e. The molecule has 3 nitrogen and oxygen atoms in total. The molecule has 5 heteroatoms. The van der Waals surface area contributed by atoms with E-state index >= 15 is 0 Å². The molecule has 0 spiro atoms. The molecule has 0 amide bonds. The second-order valence-corrected chi connectivity index (χ2v) is 7.24. The summed E-state index contributed by atoms with van der Waals surface area (Å²) in [4.78, 5) is 0.275. The van der Waals surface area contributed by atoms with Gasteiger partial charge in [0.2, 0.25) is 0 Å². The monoisotopic (exact) mass is 309 g/mol. The smallest absolute Gasteiger partial charge is 0.177 e. The molecule has 0 aliphatic heterocycles. The first-order chi connectivity index (χ1) is 9.39. The lowest BCUT2D eigenvalue weighted by atomic mass is 10.1. The van der Waals surface area contributed by atoms with E-state index in [1.54, 1.807) is 24.3 Å². The Hall–Kier alpha value is -1.52. The van der Waals surface area contributed by atoms with Crippen molar-refractivity contribution >= 4 is 32.8 Å². The third-order valence-corrected chi connectivity index (χ3v) is 4.34. The van der Waals surface area contributed by atoms with Crippen LogP contribution in [0.4, 0.5) is 11.4 Å². The molecule has 0 heterocycles. The van der Waals surface area contributed by atoms with Gasteiger partial charge in [0, 0.05) is 11.9 Å². The van der Waals surface area contributed by atoms with Gasteiger partial charge in [-0.25, -0.2) is 8.42 Å². The first kappa shape index (κ1) is 14.9. The number of sulfone groups is 1. The minimum absolute atomic E-state index is 0.163. The Kier molecular flexibility index (Phi) is 4.35. The maximum atomic E-state index is 11.8. The number of benzene rings is 2. The van der Waals surface area contributed by atoms with Crippen LogP contribution in [-0.4, -0.2) is 14.7 Å². The lowest BCUT2D eigenvalue weighted by Gasteiger charge is -2.15. The number of halogens is 1. The van der Waals surface area contributed by atoms with Gasteiger partial charge in [0.15, 0.2) is 9.84 Å². The quantitative estimate of drug-likeness (QED) is 0.864. The van der Waals surface area contributed by atoms with Crippen LogP contribution in [0.5, 0.6) is 0 Å². The average Bonchev–Trinajstić information content (AvgIpc) is 2.38. The van der Waals surface area contributed by atoms with Crippen molar-refractivity contribution < 1.29 is 8.42 Å². The second-order valence-electron chi connectivity index (χ2n) is 4.60. The van der Waals surface area contributed by atoms with Gasteiger partial charge in [-0.1, -0.05) is 30.3 Å². The van der Waals surface area contributed by atoms with E-state index in [9.17, 15) is 8.42 Å². The van der Waals surface area contributed by atoms with Crippen LogP contribution in [0.1, 0.15) is 17.9 Å². The third kappa shape index (κ3) is 3.32. The maximum absolute atomic E-state index is 11.8. The molecular formula is C15H16ClNO2S. The molecule has 1 atom stereocenters. The van der Waals surface area contributed by atoms with E-state index in [1.165, 1.54) is 6.26 Å². The summed E-state index contributed by atoms with van der Waals surface area (Å²) in [5.41, 5.74) is 2.29. The Balaban J connectivity index is 2.47. The molecule has 0 aromatic heterocycles. The van der Waals surface area contributed by atoms with E-state index in [0.717, 1.165) is 11.3 Å². The SMILES string of the molecule is CC(Cl)c1ccccc1Nc1ccccc1S(C)(=O)=O. The Morgan fingerprint density at radius 1 is 1.00 bits per heavy atom. The molecule has 0 fully saturated rings. The summed E-state index contributed by atoms with van der Waals surface area (Å²) in [5.74, 6) is 0. The van der Waals surface area contributed by atoms with E-state index in [0.29, 0.717) is 5.69 Å². The minimum Gasteiger partial charge on any atom is -0.354 e. The zero-order chi connectivity index (χ0) is 14.8. The van der Waals surface area contributed by atoms with Gasteiger partial charge < -0.3 is 5.32 Å². The Labute approximate surface area is 124 Å². The van der Waals surface area contributed by atoms with Crippen molar-refractivity contribution in [3.8, 4) is 0 Å². The van der Waals surface area contributed by atoms with E-state index in [4.69, 9.17) is 11.6 Å². The summed E-state index contributed by atoms with van der Waals surface area (Å²) in [7, 11) is -3.28. The molecule has 0 aliphatic rings. The van der Waals surface area contributed by atoms with Gasteiger partial charge in [-0.05, 0) is 30.7 Å². The molecule has 2 aromatic carbocycles. The number of hydrogen-bond acceptors (Lipinski definition) is 3. The molecule has 2 aromatic rings. The van der Waals surface area contributed by atoms with Gasteiger partial charge in [0.05, 0.1) is 16.0 Å². The standard InChI is InChI=1S/C15H16ClNO2S/c1-11(16)12-7-3-4-8-13(12)17-14-9-5-6-10-15(14)20(2,18)19/h3-11,17H,1-2H3. The van der Waals surface area contributed by atoms with Gasteiger partial charge in [-0.3, -0.25) is 0 Å². The number of anilines is 2. The summed E-state index contributed by atoms with van der Waals surface area (Å²) in [5, 5.41) is 3.00. The molecule has 20 heavy (non-hydrogen) atoms. The molecule has 0 aliphatic carbocycles. The van der Waals surface area contributed by atoms with Crippen LogP contribution in [0.3, 0.4) is 0 Å². The number of nitrogens with one attached hydrogen (secondary N) is 1. The number of para-hydroxylation sites is 2. The largest absolute Gasteiger partial charge is 0.354 e. The molecule has 0 radical (unpaired) electrons. The fourth-order valence-corrected chi connectivity index (χ4v) is 3.03. The first-order valence-corrected chi connectivity index (χ1v) is 8.51. The van der Waals surface area contributed by atoms with E-state index in [2.05, 4.69) is 5.32 Å². The zero-order valence-electron chi connectivity index (χ0n) is 11.3. The summed E-state index contributed by atoms with van der Waals surface area (Å²) < 4.78 is 23.6. The number of hydrogen-bond donors (Lipinski definition) is 1. The Bertz CT molecular complexity index is 711. The number of rotatable bonds is 4. The Morgan fingerprint density at radius 2 is 1.55 bits per heavy atom. The fourth-order valence-electron chi connectivity index (χ4n) is 2.00. The average molecular weight is 310 g/mol. The second kappa shape index (κ2) is 5.85. The fraction of sp³-hybridized carbons (Fsp3) is 0.200. The summed E-state index contributed by atoms with van der Waals surface area (Å²) in [6.07, 6.45) is 1.20. The number of alkyl halides is 1. The highest BCUT2D eigenvalue weighted by molar-refractivity contribution is 7.90.